The lowest BCUT2D eigenvalue weighted by atomic mass is 10.2. The van der Waals surface area contributed by atoms with Crippen molar-refractivity contribution in [3.05, 3.63) is 40.3 Å². The molecule has 1 saturated heterocycles. The Kier molecular flexibility index (Phi) is 5.45. The topological polar surface area (TPSA) is 50.3 Å². The zero-order valence-electron chi connectivity index (χ0n) is 10.3. The molecule has 7 heteroatoms. The summed E-state index contributed by atoms with van der Waals surface area (Å²) in [7, 11) is 0. The van der Waals surface area contributed by atoms with Crippen LogP contribution in [0.25, 0.3) is 10.6 Å². The van der Waals surface area contributed by atoms with Gasteiger partial charge in [0.25, 0.3) is 0 Å². The Morgan fingerprint density at radius 3 is 2.10 bits per heavy atom. The van der Waals surface area contributed by atoms with Gasteiger partial charge in [0, 0.05) is 18.4 Å². The van der Waals surface area contributed by atoms with E-state index < -0.39 is 0 Å². The molecule has 1 aromatic heterocycles. The largest absolute Gasteiger partial charge is 0.274 e. The Labute approximate surface area is 137 Å². The van der Waals surface area contributed by atoms with Crippen LogP contribution in [0.15, 0.2) is 40.3 Å². The van der Waals surface area contributed by atoms with Crippen molar-refractivity contribution in [3.63, 3.8) is 0 Å². The fourth-order valence-electron chi connectivity index (χ4n) is 1.52. The number of carbonyl (C=O) groups is 2. The van der Waals surface area contributed by atoms with Crippen LogP contribution in [0.4, 0.5) is 0 Å². The van der Waals surface area contributed by atoms with Crippen LogP contribution in [0.1, 0.15) is 12.8 Å². The number of benzene rings is 1. The van der Waals surface area contributed by atoms with Gasteiger partial charge in [-0.2, -0.15) is 0 Å². The Morgan fingerprint density at radius 1 is 1.10 bits per heavy atom. The molecule has 0 atom stereocenters. The lowest BCUT2D eigenvalue weighted by Crippen LogP contribution is -2.16. The van der Waals surface area contributed by atoms with E-state index in [1.807, 2.05) is 24.4 Å². The van der Waals surface area contributed by atoms with Gasteiger partial charge in [-0.3, -0.25) is 9.59 Å². The van der Waals surface area contributed by atoms with Crippen LogP contribution in [0, 0.1) is 0 Å². The predicted octanol–water partition coefficient (Wildman–Crippen LogP) is 4.02. The third kappa shape index (κ3) is 3.97. The van der Waals surface area contributed by atoms with Gasteiger partial charge in [0.1, 0.15) is 5.01 Å². The smallest absolute Gasteiger partial charge is 0.239 e. The molecule has 0 bridgehead atoms. The maximum atomic E-state index is 10.4. The summed E-state index contributed by atoms with van der Waals surface area (Å²) in [6.07, 6.45) is 2.53. The first-order valence-corrected chi connectivity index (χ1v) is 8.08. The van der Waals surface area contributed by atoms with E-state index in [1.54, 1.807) is 11.3 Å². The van der Waals surface area contributed by atoms with E-state index in [-0.39, 0.29) is 11.8 Å². The van der Waals surface area contributed by atoms with Gasteiger partial charge in [-0.05, 0) is 15.9 Å². The number of carbonyl (C=O) groups excluding carboxylic acids is 2. The molecule has 0 spiro atoms. The zero-order chi connectivity index (χ0) is 14.5. The van der Waals surface area contributed by atoms with Gasteiger partial charge in [0.2, 0.25) is 11.8 Å². The first kappa shape index (κ1) is 15.3. The van der Waals surface area contributed by atoms with Crippen molar-refractivity contribution in [2.75, 3.05) is 0 Å². The molecule has 1 aliphatic heterocycles. The average molecular weight is 418 g/mol. The number of halogens is 2. The number of imide groups is 1. The summed E-state index contributed by atoms with van der Waals surface area (Å²) in [5.74, 6) is -0.287. The third-order valence-electron chi connectivity index (χ3n) is 2.49. The predicted molar refractivity (Wildman–Crippen MR) is 85.3 cm³/mol. The minimum Gasteiger partial charge on any atom is -0.274 e. The highest BCUT2D eigenvalue weighted by Crippen LogP contribution is 2.27. The zero-order valence-corrected chi connectivity index (χ0v) is 14.2. The SMILES string of the molecule is Brc1cnc(-c2ccccc2)s1.O=C1CCC(=O)N1Br. The summed E-state index contributed by atoms with van der Waals surface area (Å²) in [6, 6.07) is 10.2. The van der Waals surface area contributed by atoms with Gasteiger partial charge in [0.15, 0.2) is 0 Å². The molecule has 3 rings (SSSR count). The molecule has 1 aromatic carbocycles. The van der Waals surface area contributed by atoms with E-state index in [4.69, 9.17) is 0 Å². The fourth-order valence-corrected chi connectivity index (χ4v) is 3.08. The molecule has 2 amide bonds. The molecular formula is C13H10Br2N2O2S. The third-order valence-corrected chi connectivity index (χ3v) is 4.81. The van der Waals surface area contributed by atoms with Gasteiger partial charge in [-0.25, -0.2) is 8.91 Å². The molecule has 2 aromatic rings. The van der Waals surface area contributed by atoms with E-state index in [9.17, 15) is 9.59 Å². The number of rotatable bonds is 1. The molecule has 0 N–H and O–H groups in total. The highest BCUT2D eigenvalue weighted by molar-refractivity contribution is 9.11. The van der Waals surface area contributed by atoms with E-state index in [0.717, 1.165) is 12.7 Å². The monoisotopic (exact) mass is 416 g/mol. The van der Waals surface area contributed by atoms with Crippen molar-refractivity contribution in [1.82, 2.24) is 8.91 Å². The van der Waals surface area contributed by atoms with Crippen LogP contribution in [-0.4, -0.2) is 20.7 Å². The maximum absolute atomic E-state index is 10.4. The Morgan fingerprint density at radius 2 is 1.70 bits per heavy atom. The number of nitrogens with zero attached hydrogens (tertiary/aromatic N) is 2. The van der Waals surface area contributed by atoms with Crippen molar-refractivity contribution in [3.8, 4) is 10.6 Å². The van der Waals surface area contributed by atoms with E-state index >= 15 is 0 Å². The van der Waals surface area contributed by atoms with Crippen molar-refractivity contribution >= 4 is 55.2 Å². The molecule has 4 nitrogen and oxygen atoms in total. The Balaban J connectivity index is 0.000000160. The molecule has 0 saturated carbocycles. The number of thiazole rings is 1. The molecular weight excluding hydrogens is 408 g/mol. The van der Waals surface area contributed by atoms with E-state index in [2.05, 4.69) is 49.2 Å². The van der Waals surface area contributed by atoms with Gasteiger partial charge in [-0.1, -0.05) is 30.3 Å². The second kappa shape index (κ2) is 7.10. The molecule has 1 fully saturated rings. The van der Waals surface area contributed by atoms with Gasteiger partial charge < -0.3 is 0 Å². The minimum absolute atomic E-state index is 0.144. The van der Waals surface area contributed by atoms with Crippen LogP contribution < -0.4 is 0 Å². The maximum Gasteiger partial charge on any atom is 0.239 e. The molecule has 0 unspecified atom stereocenters. The molecule has 1 aliphatic rings. The molecule has 0 aliphatic carbocycles. The summed E-state index contributed by atoms with van der Waals surface area (Å²) < 4.78 is 2.05. The fraction of sp³-hybridized carbons (Fsp3) is 0.154. The number of hydrogen-bond donors (Lipinski definition) is 0. The number of hydrogen-bond acceptors (Lipinski definition) is 4. The number of aromatic nitrogens is 1. The Hall–Kier alpha value is -1.05. The normalized spacial score (nSPS) is 14.2. The summed E-state index contributed by atoms with van der Waals surface area (Å²) >= 11 is 7.84. The van der Waals surface area contributed by atoms with Gasteiger partial charge in [0.05, 0.1) is 26.1 Å². The van der Waals surface area contributed by atoms with Crippen molar-refractivity contribution < 1.29 is 9.59 Å². The molecule has 104 valence electrons. The van der Waals surface area contributed by atoms with Crippen LogP contribution in [0.5, 0.6) is 0 Å². The lowest BCUT2D eigenvalue weighted by molar-refractivity contribution is -0.131. The van der Waals surface area contributed by atoms with Crippen molar-refractivity contribution in [2.45, 2.75) is 12.8 Å². The van der Waals surface area contributed by atoms with Crippen LogP contribution in [-0.2, 0) is 9.59 Å². The highest BCUT2D eigenvalue weighted by atomic mass is 79.9. The summed E-state index contributed by atoms with van der Waals surface area (Å²) in [4.78, 5) is 25.1. The molecule has 0 radical (unpaired) electrons. The summed E-state index contributed by atoms with van der Waals surface area (Å²) in [5, 5.41) is 1.06. The van der Waals surface area contributed by atoms with Gasteiger partial charge >= 0.3 is 0 Å². The average Bonchev–Trinajstić information content (AvgIpc) is 3.02. The van der Waals surface area contributed by atoms with Crippen LogP contribution in [0.2, 0.25) is 0 Å². The van der Waals surface area contributed by atoms with E-state index in [0.29, 0.717) is 12.8 Å². The first-order chi connectivity index (χ1) is 9.58. The standard InChI is InChI=1S/C9H6BrNS.C4H4BrNO2/c10-8-6-11-9(12-8)7-4-2-1-3-5-7;5-6-3(7)1-2-4(6)8/h1-6H;1-2H2. The molecule has 2 heterocycles. The van der Waals surface area contributed by atoms with Gasteiger partial charge in [-0.15, -0.1) is 11.3 Å². The van der Waals surface area contributed by atoms with Crippen LogP contribution in [0.3, 0.4) is 0 Å². The lowest BCUT2D eigenvalue weighted by Gasteiger charge is -1.97. The van der Waals surface area contributed by atoms with Crippen molar-refractivity contribution in [2.24, 2.45) is 0 Å². The summed E-state index contributed by atoms with van der Waals surface area (Å²) in [5.41, 5.74) is 1.17. The van der Waals surface area contributed by atoms with E-state index in [1.165, 1.54) is 5.56 Å². The highest BCUT2D eigenvalue weighted by Gasteiger charge is 2.26. The van der Waals surface area contributed by atoms with Crippen molar-refractivity contribution in [1.29, 1.82) is 0 Å². The first-order valence-electron chi connectivity index (χ1n) is 5.76. The molecule has 20 heavy (non-hydrogen) atoms. The van der Waals surface area contributed by atoms with Crippen LogP contribution >= 0.6 is 43.4 Å². The minimum atomic E-state index is -0.144. The summed E-state index contributed by atoms with van der Waals surface area (Å²) in [6.45, 7) is 0. The Bertz CT molecular complexity index is 600. The second-order valence-electron chi connectivity index (χ2n) is 3.90. The number of amides is 2. The second-order valence-corrected chi connectivity index (χ2v) is 7.02. The quantitative estimate of drug-likeness (QED) is 0.520.